The Morgan fingerprint density at radius 1 is 1.35 bits per heavy atom. The van der Waals surface area contributed by atoms with E-state index in [1.165, 1.54) is 6.20 Å². The third-order valence-electron chi connectivity index (χ3n) is 2.59. The summed E-state index contributed by atoms with van der Waals surface area (Å²) in [5.74, 6) is 0. The summed E-state index contributed by atoms with van der Waals surface area (Å²) in [5.41, 5.74) is 7.16. The van der Waals surface area contributed by atoms with Crippen molar-refractivity contribution in [2.75, 3.05) is 0 Å². The number of nitrogens with zero attached hydrogens (tertiary/aromatic N) is 2. The monoisotopic (exact) mass is 243 g/mol. The molecule has 0 saturated heterocycles. The Morgan fingerprint density at radius 2 is 2.12 bits per heavy atom. The Bertz CT molecular complexity index is 504. The van der Waals surface area contributed by atoms with Gasteiger partial charge in [0.2, 0.25) is 0 Å². The van der Waals surface area contributed by atoms with Crippen molar-refractivity contribution in [1.29, 1.82) is 0 Å². The Labute approximate surface area is 96.0 Å². The molecular formula is C11H12F3N3. The Morgan fingerprint density at radius 3 is 2.82 bits per heavy atom. The van der Waals surface area contributed by atoms with E-state index >= 15 is 0 Å². The first-order valence-electron chi connectivity index (χ1n) is 5.22. The van der Waals surface area contributed by atoms with E-state index in [9.17, 15) is 13.2 Å². The minimum absolute atomic E-state index is 0.125. The van der Waals surface area contributed by atoms with Gasteiger partial charge in [0.05, 0.1) is 11.7 Å². The molecule has 17 heavy (non-hydrogen) atoms. The molecule has 0 amide bonds. The van der Waals surface area contributed by atoms with Crippen LogP contribution in [0.3, 0.4) is 0 Å². The average molecular weight is 243 g/mol. The van der Waals surface area contributed by atoms with E-state index in [1.807, 2.05) is 0 Å². The Kier molecular flexibility index (Phi) is 3.06. The van der Waals surface area contributed by atoms with Crippen LogP contribution >= 0.6 is 0 Å². The fourth-order valence-electron chi connectivity index (χ4n) is 1.71. The molecule has 0 radical (unpaired) electrons. The quantitative estimate of drug-likeness (QED) is 0.900. The van der Waals surface area contributed by atoms with Gasteiger partial charge in [-0.05, 0) is 18.6 Å². The van der Waals surface area contributed by atoms with E-state index in [2.05, 4.69) is 5.10 Å². The molecule has 0 aromatic carbocycles. The summed E-state index contributed by atoms with van der Waals surface area (Å²) in [4.78, 5) is 0. The molecule has 2 heterocycles. The number of halogens is 3. The maximum Gasteiger partial charge on any atom is 0.389 e. The fourth-order valence-corrected chi connectivity index (χ4v) is 1.71. The molecule has 0 aliphatic carbocycles. The smallest absolute Gasteiger partial charge is 0.324 e. The molecular weight excluding hydrogens is 231 g/mol. The van der Waals surface area contributed by atoms with Gasteiger partial charge in [0.1, 0.15) is 0 Å². The number of hydrogen-bond acceptors (Lipinski definition) is 2. The van der Waals surface area contributed by atoms with E-state index in [1.54, 1.807) is 28.9 Å². The first kappa shape index (κ1) is 11.9. The molecule has 92 valence electrons. The highest BCUT2D eigenvalue weighted by molar-refractivity contribution is 5.54. The van der Waals surface area contributed by atoms with Crippen molar-refractivity contribution in [3.63, 3.8) is 0 Å². The predicted octanol–water partition coefficient (Wildman–Crippen LogP) is 2.68. The number of aromatic nitrogens is 2. The van der Waals surface area contributed by atoms with Crippen LogP contribution in [0.5, 0.6) is 0 Å². The molecule has 0 spiro atoms. The topological polar surface area (TPSA) is 43.3 Å². The third kappa shape index (κ3) is 2.76. The van der Waals surface area contributed by atoms with Gasteiger partial charge in [-0.1, -0.05) is 6.07 Å². The van der Waals surface area contributed by atoms with E-state index < -0.39 is 18.6 Å². The van der Waals surface area contributed by atoms with Crippen molar-refractivity contribution in [2.45, 2.75) is 25.1 Å². The zero-order valence-electron chi connectivity index (χ0n) is 8.98. The van der Waals surface area contributed by atoms with Crippen LogP contribution in [0, 0.1) is 0 Å². The molecule has 6 heteroatoms. The first-order chi connectivity index (χ1) is 7.97. The van der Waals surface area contributed by atoms with Gasteiger partial charge >= 0.3 is 6.18 Å². The van der Waals surface area contributed by atoms with E-state index in [0.717, 1.165) is 5.52 Å². The summed E-state index contributed by atoms with van der Waals surface area (Å²) in [6, 6.07) is 4.74. The highest BCUT2D eigenvalue weighted by Crippen LogP contribution is 2.27. The summed E-state index contributed by atoms with van der Waals surface area (Å²) in [7, 11) is 0. The molecule has 2 rings (SSSR count). The number of hydrogen-bond donors (Lipinski definition) is 1. The molecule has 1 atom stereocenters. The number of fused-ring (bicyclic) bond motifs is 1. The van der Waals surface area contributed by atoms with Gasteiger partial charge in [0, 0.05) is 24.2 Å². The van der Waals surface area contributed by atoms with Gasteiger partial charge in [-0.3, -0.25) is 0 Å². The highest BCUT2D eigenvalue weighted by Gasteiger charge is 2.28. The molecule has 2 N–H and O–H groups in total. The lowest BCUT2D eigenvalue weighted by atomic mass is 10.0. The molecule has 2 aromatic heterocycles. The number of pyridine rings is 1. The zero-order valence-corrected chi connectivity index (χ0v) is 8.98. The van der Waals surface area contributed by atoms with Gasteiger partial charge in [0.15, 0.2) is 0 Å². The molecule has 0 aliphatic heterocycles. The van der Waals surface area contributed by atoms with Crippen LogP contribution in [0.4, 0.5) is 13.2 Å². The molecule has 0 aliphatic rings. The van der Waals surface area contributed by atoms with Crippen LogP contribution in [0.25, 0.3) is 5.52 Å². The highest BCUT2D eigenvalue weighted by atomic mass is 19.4. The largest absolute Gasteiger partial charge is 0.389 e. The van der Waals surface area contributed by atoms with Crippen molar-refractivity contribution < 1.29 is 13.2 Å². The van der Waals surface area contributed by atoms with Crippen LogP contribution < -0.4 is 5.73 Å². The lowest BCUT2D eigenvalue weighted by Gasteiger charge is -2.12. The van der Waals surface area contributed by atoms with Crippen molar-refractivity contribution in [3.8, 4) is 0 Å². The zero-order chi connectivity index (χ0) is 12.5. The summed E-state index contributed by atoms with van der Waals surface area (Å²) in [5, 5.41) is 4.04. The molecule has 0 bridgehead atoms. The minimum Gasteiger partial charge on any atom is -0.324 e. The SMILES string of the molecule is NC(CCC(F)(F)F)c1cnn2ccccc12. The average Bonchev–Trinajstić information content (AvgIpc) is 2.68. The van der Waals surface area contributed by atoms with Crippen LogP contribution in [-0.4, -0.2) is 15.8 Å². The molecule has 1 unspecified atom stereocenters. The fraction of sp³-hybridized carbons (Fsp3) is 0.364. The second-order valence-electron chi connectivity index (χ2n) is 3.89. The van der Waals surface area contributed by atoms with Crippen molar-refractivity contribution in [3.05, 3.63) is 36.2 Å². The second kappa shape index (κ2) is 4.37. The van der Waals surface area contributed by atoms with Crippen LogP contribution in [0.15, 0.2) is 30.6 Å². The van der Waals surface area contributed by atoms with Crippen LogP contribution in [-0.2, 0) is 0 Å². The van der Waals surface area contributed by atoms with Gasteiger partial charge in [-0.2, -0.15) is 18.3 Å². The van der Waals surface area contributed by atoms with Crippen molar-refractivity contribution >= 4 is 5.52 Å². The molecule has 0 fully saturated rings. The number of rotatable bonds is 3. The summed E-state index contributed by atoms with van der Waals surface area (Å²) in [6.45, 7) is 0. The van der Waals surface area contributed by atoms with Gasteiger partial charge in [-0.15, -0.1) is 0 Å². The first-order valence-corrected chi connectivity index (χ1v) is 5.22. The van der Waals surface area contributed by atoms with Gasteiger partial charge in [0.25, 0.3) is 0 Å². The minimum atomic E-state index is -4.17. The van der Waals surface area contributed by atoms with Crippen molar-refractivity contribution in [1.82, 2.24) is 9.61 Å². The third-order valence-corrected chi connectivity index (χ3v) is 2.59. The Hall–Kier alpha value is -1.56. The van der Waals surface area contributed by atoms with Gasteiger partial charge in [-0.25, -0.2) is 4.52 Å². The maximum absolute atomic E-state index is 12.1. The number of nitrogens with two attached hydrogens (primary N) is 1. The Balaban J connectivity index is 2.16. The predicted molar refractivity (Wildman–Crippen MR) is 57.4 cm³/mol. The summed E-state index contributed by atoms with van der Waals surface area (Å²) < 4.78 is 37.9. The normalized spacial score (nSPS) is 14.1. The van der Waals surface area contributed by atoms with E-state index in [0.29, 0.717) is 5.56 Å². The van der Waals surface area contributed by atoms with Crippen molar-refractivity contribution in [2.24, 2.45) is 5.73 Å². The van der Waals surface area contributed by atoms with Gasteiger partial charge < -0.3 is 5.73 Å². The standard InChI is InChI=1S/C11H12F3N3/c12-11(13,14)5-4-9(15)8-7-16-17-6-2-1-3-10(8)17/h1-3,6-7,9H,4-5,15H2. The summed E-state index contributed by atoms with van der Waals surface area (Å²) >= 11 is 0. The maximum atomic E-state index is 12.1. The van der Waals surface area contributed by atoms with Crippen LogP contribution in [0.2, 0.25) is 0 Å². The van der Waals surface area contributed by atoms with Crippen LogP contribution in [0.1, 0.15) is 24.4 Å². The molecule has 2 aromatic rings. The van der Waals surface area contributed by atoms with E-state index in [4.69, 9.17) is 5.73 Å². The number of alkyl halides is 3. The molecule has 3 nitrogen and oxygen atoms in total. The lowest BCUT2D eigenvalue weighted by molar-refractivity contribution is -0.136. The molecule has 0 saturated carbocycles. The second-order valence-corrected chi connectivity index (χ2v) is 3.89. The lowest BCUT2D eigenvalue weighted by Crippen LogP contribution is -2.15. The summed E-state index contributed by atoms with van der Waals surface area (Å²) in [6.07, 6.45) is -1.91. The van der Waals surface area contributed by atoms with E-state index in [-0.39, 0.29) is 6.42 Å².